The molecule has 544 valence electrons. The van der Waals surface area contributed by atoms with Gasteiger partial charge in [-0.2, -0.15) is 0 Å². The third-order valence-electron chi connectivity index (χ3n) is 21.2. The van der Waals surface area contributed by atoms with Crippen LogP contribution in [0.15, 0.2) is 199 Å². The Morgan fingerprint density at radius 2 is 0.524 bits per heavy atom. The molecule has 0 saturated heterocycles. The van der Waals surface area contributed by atoms with E-state index in [0.29, 0.717) is 0 Å². The molecule has 0 radical (unpaired) electrons. The normalized spacial score (nSPS) is 13.7. The molecule has 0 unspecified atom stereocenters. The minimum atomic E-state index is 0.0766. The van der Waals surface area contributed by atoms with E-state index in [4.69, 9.17) is 4.42 Å². The van der Waals surface area contributed by atoms with Crippen LogP contribution in [0.25, 0.3) is 75.1 Å². The molecule has 0 amide bonds. The van der Waals surface area contributed by atoms with Crippen LogP contribution >= 0.6 is 11.3 Å². The molecule has 10 aromatic carbocycles. The molecule has 2 aromatic heterocycles. The van der Waals surface area contributed by atoms with E-state index in [9.17, 15) is 0 Å². The lowest BCUT2D eigenvalue weighted by atomic mass is 9.77. The highest BCUT2D eigenvalue weighted by atomic mass is 32.1. The number of hydrogen-bond donors (Lipinski definition) is 0. The molecule has 0 atom stereocenters. The molecular formula is C101H128OS. The van der Waals surface area contributed by atoms with Crippen molar-refractivity contribution in [2.24, 2.45) is 0 Å². The summed E-state index contributed by atoms with van der Waals surface area (Å²) in [6.45, 7) is 72.8. The zero-order chi connectivity index (χ0) is 76.6. The van der Waals surface area contributed by atoms with E-state index in [-0.39, 0.29) is 59.6 Å². The standard InChI is InChI=1S/C24H28.C23H30.C20H24O.C20H24S.C14H22/c1-23(2,3)18-15-13-17(14-16-18)19-9-7-11-21-20(19)10-8-12-22(21)24(4,5)6;1-21(2,3)15-9-11-17-18-12-10-16(22(4,5)6)14-20(18)23(7,8)19(17)13-15;1-19(2,3)13-7-9-17-15(11-13)16-12-14(20(4,5)6)8-10-18(16)21-17;1-19(2,3)13-7-9-15-16-10-8-14(20(4,5)6)12-18(16)21-17(15)11-13;1-13(2,3)11-7-9-12(10-8-11)14(4,5)6/h7-16H,1-6H3;9-14H,1-8H3;2*7-12H,1-6H3;7-10H,1-6H3. The van der Waals surface area contributed by atoms with Gasteiger partial charge in [-0.15, -0.1) is 11.3 Å². The van der Waals surface area contributed by atoms with Gasteiger partial charge in [0.15, 0.2) is 0 Å². The van der Waals surface area contributed by atoms with Gasteiger partial charge < -0.3 is 4.42 Å². The third kappa shape index (κ3) is 18.2. The Morgan fingerprint density at radius 1 is 0.233 bits per heavy atom. The smallest absolute Gasteiger partial charge is 0.135 e. The fourth-order valence-electron chi connectivity index (χ4n) is 13.9. The summed E-state index contributed by atoms with van der Waals surface area (Å²) in [6, 6.07) is 72.6. The van der Waals surface area contributed by atoms with Gasteiger partial charge in [0.25, 0.3) is 0 Å². The van der Waals surface area contributed by atoms with Crippen LogP contribution in [0, 0.1) is 0 Å². The minimum absolute atomic E-state index is 0.0766. The van der Waals surface area contributed by atoms with Crippen LogP contribution in [0.1, 0.15) is 288 Å². The van der Waals surface area contributed by atoms with Crippen molar-refractivity contribution < 1.29 is 4.42 Å². The van der Waals surface area contributed by atoms with Crippen molar-refractivity contribution in [3.8, 4) is 22.3 Å². The van der Waals surface area contributed by atoms with Crippen LogP contribution in [-0.4, -0.2) is 0 Å². The van der Waals surface area contributed by atoms with Crippen LogP contribution in [0.4, 0.5) is 0 Å². The summed E-state index contributed by atoms with van der Waals surface area (Å²) >= 11 is 1.92. The van der Waals surface area contributed by atoms with Gasteiger partial charge >= 0.3 is 0 Å². The first-order valence-electron chi connectivity index (χ1n) is 38.1. The molecule has 1 aliphatic rings. The fraction of sp³-hybridized carbons (Fsp3) is 0.426. The summed E-state index contributed by atoms with van der Waals surface area (Å²) in [4.78, 5) is 0. The molecule has 0 saturated carbocycles. The molecule has 2 heteroatoms. The second kappa shape index (κ2) is 28.4. The number of furan rings is 1. The van der Waals surface area contributed by atoms with Gasteiger partial charge in [0.05, 0.1) is 0 Å². The highest BCUT2D eigenvalue weighted by Gasteiger charge is 2.37. The van der Waals surface area contributed by atoms with Crippen molar-refractivity contribution in [2.45, 2.75) is 281 Å². The van der Waals surface area contributed by atoms with Gasteiger partial charge in [0.2, 0.25) is 0 Å². The monoisotopic (exact) mass is 1390 g/mol. The van der Waals surface area contributed by atoms with Crippen LogP contribution in [0.3, 0.4) is 0 Å². The molecule has 13 rings (SSSR count). The predicted molar refractivity (Wildman–Crippen MR) is 460 cm³/mol. The zero-order valence-corrected chi connectivity index (χ0v) is 70.6. The molecule has 2 heterocycles. The number of thiophene rings is 1. The molecule has 0 aliphatic heterocycles. The maximum absolute atomic E-state index is 5.99. The zero-order valence-electron chi connectivity index (χ0n) is 69.8. The molecule has 0 N–H and O–H groups in total. The first-order valence-corrected chi connectivity index (χ1v) is 38.9. The lowest BCUT2D eigenvalue weighted by molar-refractivity contribution is 0.577. The Morgan fingerprint density at radius 3 is 0.874 bits per heavy atom. The van der Waals surface area contributed by atoms with E-state index >= 15 is 0 Å². The largest absolute Gasteiger partial charge is 0.456 e. The Bertz CT molecular complexity index is 4740. The highest BCUT2D eigenvalue weighted by molar-refractivity contribution is 7.25. The van der Waals surface area contributed by atoms with E-state index in [1.165, 1.54) is 131 Å². The number of hydrogen-bond acceptors (Lipinski definition) is 2. The summed E-state index contributed by atoms with van der Waals surface area (Å²) in [7, 11) is 0. The van der Waals surface area contributed by atoms with Gasteiger partial charge in [0.1, 0.15) is 11.2 Å². The van der Waals surface area contributed by atoms with Crippen molar-refractivity contribution in [2.75, 3.05) is 0 Å². The van der Waals surface area contributed by atoms with Gasteiger partial charge in [-0.25, -0.2) is 0 Å². The fourth-order valence-corrected chi connectivity index (χ4v) is 15.1. The van der Waals surface area contributed by atoms with Crippen molar-refractivity contribution >= 4 is 64.2 Å². The second-order valence-electron chi connectivity index (χ2n) is 40.6. The molecule has 12 aromatic rings. The van der Waals surface area contributed by atoms with Gasteiger partial charge in [0, 0.05) is 36.4 Å². The molecule has 0 spiro atoms. The number of benzene rings is 10. The van der Waals surface area contributed by atoms with Crippen LogP contribution < -0.4 is 0 Å². The summed E-state index contributed by atoms with van der Waals surface area (Å²) < 4.78 is 8.80. The predicted octanol–water partition coefficient (Wildman–Crippen LogP) is 30.8. The van der Waals surface area contributed by atoms with Gasteiger partial charge in [-0.1, -0.05) is 379 Å². The number of fused-ring (bicyclic) bond motifs is 10. The van der Waals surface area contributed by atoms with Crippen molar-refractivity contribution in [1.82, 2.24) is 0 Å². The van der Waals surface area contributed by atoms with E-state index < -0.39 is 0 Å². The van der Waals surface area contributed by atoms with E-state index in [2.05, 4.69) is 416 Å². The van der Waals surface area contributed by atoms with Crippen LogP contribution in [-0.2, 0) is 59.6 Å². The van der Waals surface area contributed by atoms with E-state index in [1.807, 2.05) is 11.3 Å². The molecule has 103 heavy (non-hydrogen) atoms. The Labute approximate surface area is 628 Å². The van der Waals surface area contributed by atoms with Crippen molar-refractivity contribution in [3.63, 3.8) is 0 Å². The summed E-state index contributed by atoms with van der Waals surface area (Å²) in [6.07, 6.45) is 0. The second-order valence-corrected chi connectivity index (χ2v) is 41.6. The van der Waals surface area contributed by atoms with E-state index in [0.717, 1.165) is 11.2 Å². The maximum atomic E-state index is 5.99. The average Bonchev–Trinajstić information content (AvgIpc) is 1.58. The SMILES string of the molecule is CC(C)(C)c1ccc(-c2cccc3c(C(C)(C)C)cccc23)cc1.CC(C)(C)c1ccc(C(C)(C)C)cc1.CC(C)(C)c1ccc2c(c1)C(C)(C)c1cc(C(C)(C)C)ccc1-2.CC(C)(C)c1ccc2c(c1)sc1cc(C(C)(C)C)ccc12.CC(C)(C)c1ccc2oc3ccc(C(C)(C)C)cc3c2c1. The Hall–Kier alpha value is -7.52. The number of rotatable bonds is 1. The lowest BCUT2D eigenvalue weighted by Crippen LogP contribution is -2.19. The lowest BCUT2D eigenvalue weighted by Gasteiger charge is -2.26. The van der Waals surface area contributed by atoms with Gasteiger partial charge in [-0.3, -0.25) is 0 Å². The quantitative estimate of drug-likeness (QED) is 0.160. The first kappa shape index (κ1) is 79.6. The molecule has 0 fully saturated rings. The van der Waals surface area contributed by atoms with Crippen molar-refractivity contribution in [1.29, 1.82) is 0 Å². The molecule has 1 aliphatic carbocycles. The highest BCUT2D eigenvalue weighted by Crippen LogP contribution is 2.51. The van der Waals surface area contributed by atoms with Crippen LogP contribution in [0.2, 0.25) is 0 Å². The van der Waals surface area contributed by atoms with Gasteiger partial charge in [-0.05, 0) is 190 Å². The Kier molecular flexibility index (Phi) is 22.0. The molecule has 1 nitrogen and oxygen atoms in total. The minimum Gasteiger partial charge on any atom is -0.456 e. The molecule has 0 bridgehead atoms. The third-order valence-corrected chi connectivity index (χ3v) is 22.3. The van der Waals surface area contributed by atoms with E-state index in [1.54, 1.807) is 0 Å². The summed E-state index contributed by atoms with van der Waals surface area (Å²) in [5, 5.41) is 7.94. The Balaban J connectivity index is 0.000000151. The topological polar surface area (TPSA) is 13.1 Å². The summed E-state index contributed by atoms with van der Waals surface area (Å²) in [5.41, 5.74) is 26.4. The van der Waals surface area contributed by atoms with Crippen LogP contribution in [0.5, 0.6) is 0 Å². The van der Waals surface area contributed by atoms with Crippen molar-refractivity contribution in [3.05, 3.63) is 261 Å². The first-order chi connectivity index (χ1) is 47.1. The summed E-state index contributed by atoms with van der Waals surface area (Å²) in [5.74, 6) is 0. The molecular weight excluding hydrogens is 1260 g/mol. The average molecular weight is 1390 g/mol. The maximum Gasteiger partial charge on any atom is 0.135 e.